The fraction of sp³-hybridized carbons (Fsp3) is 0.857. The first-order chi connectivity index (χ1) is 4.31. The van der Waals surface area contributed by atoms with E-state index in [9.17, 15) is 0 Å². The van der Waals surface area contributed by atoms with Gasteiger partial charge in [-0.25, -0.2) is 0 Å². The molecule has 0 saturated heterocycles. The maximum absolute atomic E-state index is 7.35. The number of hydrogen-bond donors (Lipinski definition) is 1. The van der Waals surface area contributed by atoms with Crippen molar-refractivity contribution in [2.24, 2.45) is 0 Å². The molecule has 0 aromatic carbocycles. The summed E-state index contributed by atoms with van der Waals surface area (Å²) in [4.78, 5) is 0. The van der Waals surface area contributed by atoms with Crippen molar-refractivity contribution in [2.75, 3.05) is 5.75 Å². The minimum Gasteiger partial charge on any atom is -0.298 e. The highest BCUT2D eigenvalue weighted by molar-refractivity contribution is 8.13. The summed E-state index contributed by atoms with van der Waals surface area (Å²) in [6.45, 7) is 4.25. The second-order valence-corrected chi connectivity index (χ2v) is 3.32. The van der Waals surface area contributed by atoms with Gasteiger partial charge in [-0.1, -0.05) is 20.3 Å². The molecule has 0 aromatic rings. The Kier molecular flexibility index (Phi) is 6.16. The molecule has 0 aliphatic carbocycles. The minimum atomic E-state index is 0.847. The van der Waals surface area contributed by atoms with Crippen LogP contribution in [0.2, 0.25) is 0 Å². The molecule has 0 heterocycles. The molecule has 54 valence electrons. The summed E-state index contributed by atoms with van der Waals surface area (Å²) in [7, 11) is 0. The molecule has 0 fully saturated rings. The summed E-state index contributed by atoms with van der Waals surface area (Å²) in [6, 6.07) is 0. The van der Waals surface area contributed by atoms with Crippen LogP contribution in [0.4, 0.5) is 0 Å². The minimum absolute atomic E-state index is 0.847. The molecule has 0 rings (SSSR count). The zero-order valence-corrected chi connectivity index (χ0v) is 7.05. The lowest BCUT2D eigenvalue weighted by Crippen LogP contribution is -1.89. The van der Waals surface area contributed by atoms with E-state index in [1.54, 1.807) is 11.8 Å². The predicted molar refractivity (Wildman–Crippen MR) is 45.4 cm³/mol. The summed E-state index contributed by atoms with van der Waals surface area (Å²) in [6.07, 6.45) is 3.35. The van der Waals surface area contributed by atoms with E-state index in [2.05, 4.69) is 13.8 Å². The average Bonchev–Trinajstić information content (AvgIpc) is 1.85. The maximum atomic E-state index is 7.35. The number of thioether (sulfide) groups is 1. The molecule has 1 nitrogen and oxygen atoms in total. The normalized spacial score (nSPS) is 9.56. The Bertz CT molecular complexity index is 81.0. The highest BCUT2D eigenvalue weighted by Gasteiger charge is 1.92. The molecule has 0 saturated carbocycles. The van der Waals surface area contributed by atoms with Gasteiger partial charge in [0.15, 0.2) is 0 Å². The van der Waals surface area contributed by atoms with E-state index >= 15 is 0 Å². The monoisotopic (exact) mass is 145 g/mol. The van der Waals surface area contributed by atoms with Crippen molar-refractivity contribution in [2.45, 2.75) is 33.1 Å². The summed E-state index contributed by atoms with van der Waals surface area (Å²) in [5, 5.41) is 8.20. The molecule has 0 aromatic heterocycles. The highest BCUT2D eigenvalue weighted by Crippen LogP contribution is 2.07. The van der Waals surface area contributed by atoms with Crippen LogP contribution in [0.1, 0.15) is 33.1 Å². The van der Waals surface area contributed by atoms with Gasteiger partial charge in [0.1, 0.15) is 0 Å². The molecule has 0 unspecified atom stereocenters. The fourth-order valence-corrected chi connectivity index (χ4v) is 1.22. The smallest absolute Gasteiger partial charge is 0.0641 e. The van der Waals surface area contributed by atoms with Gasteiger partial charge >= 0.3 is 0 Å². The molecule has 2 heteroatoms. The zero-order chi connectivity index (χ0) is 7.11. The number of unbranched alkanes of at least 4 members (excludes halogenated alkanes) is 1. The van der Waals surface area contributed by atoms with E-state index in [1.807, 2.05) is 0 Å². The molecule has 9 heavy (non-hydrogen) atoms. The topological polar surface area (TPSA) is 23.9 Å². The van der Waals surface area contributed by atoms with E-state index in [0.717, 1.165) is 17.2 Å². The van der Waals surface area contributed by atoms with Crippen LogP contribution in [0.15, 0.2) is 0 Å². The van der Waals surface area contributed by atoms with Gasteiger partial charge in [-0.05, 0) is 18.6 Å². The van der Waals surface area contributed by atoms with Crippen LogP contribution < -0.4 is 0 Å². The van der Waals surface area contributed by atoms with Gasteiger partial charge in [-0.3, -0.25) is 5.41 Å². The Morgan fingerprint density at radius 1 is 1.44 bits per heavy atom. The van der Waals surface area contributed by atoms with Crippen molar-refractivity contribution in [1.29, 1.82) is 5.41 Å². The number of rotatable bonds is 4. The van der Waals surface area contributed by atoms with E-state index in [0.29, 0.717) is 0 Å². The summed E-state index contributed by atoms with van der Waals surface area (Å²) < 4.78 is 0. The predicted octanol–water partition coefficient (Wildman–Crippen LogP) is 2.91. The third-order valence-corrected chi connectivity index (χ3v) is 1.92. The molecule has 0 amide bonds. The second-order valence-electron chi connectivity index (χ2n) is 1.96. The highest BCUT2D eigenvalue weighted by atomic mass is 32.2. The van der Waals surface area contributed by atoms with Crippen LogP contribution in [0.5, 0.6) is 0 Å². The SMILES string of the molecule is CCCCC(=N)SCC. The van der Waals surface area contributed by atoms with Crippen molar-refractivity contribution < 1.29 is 0 Å². The van der Waals surface area contributed by atoms with Crippen LogP contribution in [0, 0.1) is 5.41 Å². The van der Waals surface area contributed by atoms with Crippen LogP contribution in [-0.4, -0.2) is 10.8 Å². The molecule has 0 atom stereocenters. The Morgan fingerprint density at radius 3 is 2.56 bits per heavy atom. The van der Waals surface area contributed by atoms with E-state index in [1.165, 1.54) is 12.8 Å². The molecule has 0 spiro atoms. The van der Waals surface area contributed by atoms with Gasteiger partial charge in [0, 0.05) is 0 Å². The summed E-state index contributed by atoms with van der Waals surface area (Å²) >= 11 is 1.65. The van der Waals surface area contributed by atoms with Crippen LogP contribution >= 0.6 is 11.8 Å². The third kappa shape index (κ3) is 5.90. The van der Waals surface area contributed by atoms with Crippen molar-refractivity contribution in [3.63, 3.8) is 0 Å². The van der Waals surface area contributed by atoms with Crippen molar-refractivity contribution in [3.8, 4) is 0 Å². The largest absolute Gasteiger partial charge is 0.298 e. The Morgan fingerprint density at radius 2 is 2.11 bits per heavy atom. The van der Waals surface area contributed by atoms with Gasteiger partial charge in [0.05, 0.1) is 5.04 Å². The molecule has 0 bridgehead atoms. The van der Waals surface area contributed by atoms with Crippen molar-refractivity contribution in [3.05, 3.63) is 0 Å². The van der Waals surface area contributed by atoms with Gasteiger partial charge in [0.2, 0.25) is 0 Å². The first kappa shape index (κ1) is 9.02. The van der Waals surface area contributed by atoms with E-state index in [-0.39, 0.29) is 0 Å². The van der Waals surface area contributed by atoms with Gasteiger partial charge < -0.3 is 0 Å². The van der Waals surface area contributed by atoms with Crippen LogP contribution in [-0.2, 0) is 0 Å². The fourth-order valence-electron chi connectivity index (χ4n) is 0.584. The summed E-state index contributed by atoms with van der Waals surface area (Å²) in [5.41, 5.74) is 0. The molecular formula is C7H15NS. The van der Waals surface area contributed by atoms with Crippen molar-refractivity contribution >= 4 is 16.8 Å². The molecule has 0 radical (unpaired) electrons. The maximum Gasteiger partial charge on any atom is 0.0641 e. The van der Waals surface area contributed by atoms with Gasteiger partial charge in [0.25, 0.3) is 0 Å². The number of nitrogens with one attached hydrogen (secondary N) is 1. The molecular weight excluding hydrogens is 130 g/mol. The van der Waals surface area contributed by atoms with Crippen LogP contribution in [0.25, 0.3) is 0 Å². The van der Waals surface area contributed by atoms with Crippen LogP contribution in [0.3, 0.4) is 0 Å². The van der Waals surface area contributed by atoms with E-state index < -0.39 is 0 Å². The first-order valence-electron chi connectivity index (χ1n) is 3.51. The Hall–Kier alpha value is 0.0200. The summed E-state index contributed by atoms with van der Waals surface area (Å²) in [5.74, 6) is 1.04. The standard InChI is InChI=1S/C7H15NS/c1-3-5-6-7(8)9-4-2/h8H,3-6H2,1-2H3. The van der Waals surface area contributed by atoms with E-state index in [4.69, 9.17) is 5.41 Å². The molecule has 0 aliphatic heterocycles. The third-order valence-electron chi connectivity index (χ3n) is 1.08. The average molecular weight is 145 g/mol. The Labute approximate surface area is 61.7 Å². The molecule has 1 N–H and O–H groups in total. The zero-order valence-electron chi connectivity index (χ0n) is 6.24. The van der Waals surface area contributed by atoms with Gasteiger partial charge in [-0.15, -0.1) is 11.8 Å². The lowest BCUT2D eigenvalue weighted by Gasteiger charge is -1.97. The lowest BCUT2D eigenvalue weighted by atomic mass is 10.3. The Balaban J connectivity index is 3.06. The first-order valence-corrected chi connectivity index (χ1v) is 4.50. The number of hydrogen-bond acceptors (Lipinski definition) is 2. The second kappa shape index (κ2) is 6.14. The van der Waals surface area contributed by atoms with Crippen molar-refractivity contribution in [1.82, 2.24) is 0 Å². The lowest BCUT2D eigenvalue weighted by molar-refractivity contribution is 0.838. The quantitative estimate of drug-likeness (QED) is 0.477. The van der Waals surface area contributed by atoms with Gasteiger partial charge in [-0.2, -0.15) is 0 Å². The molecule has 0 aliphatic rings.